The summed E-state index contributed by atoms with van der Waals surface area (Å²) >= 11 is 5.87. The topological polar surface area (TPSA) is 66.5 Å². The Kier molecular flexibility index (Phi) is 5.58. The van der Waals surface area contributed by atoms with Gasteiger partial charge in [0.05, 0.1) is 10.8 Å². The third-order valence-corrected chi connectivity index (χ3v) is 7.39. The number of fused-ring (bicyclic) bond motifs is 1. The predicted molar refractivity (Wildman–Crippen MR) is 116 cm³/mol. The zero-order valence-electron chi connectivity index (χ0n) is 15.7. The van der Waals surface area contributed by atoms with Crippen LogP contribution in [0.25, 0.3) is 10.8 Å². The number of amides is 1. The standard InChI is InChI=1S/C22H21ClN2O3S/c23-18-10-12-19(13-11-18)29(27,28)25-14-4-7-17(15-25)22(26)24-21-9-3-6-16-5-1-2-8-20(16)21/h1-3,5-6,8-13,17H,4,7,14-15H2,(H,24,26). The molecule has 1 heterocycles. The van der Waals surface area contributed by atoms with Crippen LogP contribution in [0.5, 0.6) is 0 Å². The number of carbonyl (C=O) groups excluding carboxylic acids is 1. The number of nitrogens with zero attached hydrogens (tertiary/aromatic N) is 1. The number of piperidine rings is 1. The molecule has 1 unspecified atom stereocenters. The van der Waals surface area contributed by atoms with Crippen LogP contribution >= 0.6 is 11.6 Å². The molecule has 1 saturated heterocycles. The fraction of sp³-hybridized carbons (Fsp3) is 0.227. The van der Waals surface area contributed by atoms with E-state index in [2.05, 4.69) is 5.32 Å². The van der Waals surface area contributed by atoms with Gasteiger partial charge < -0.3 is 5.32 Å². The fourth-order valence-electron chi connectivity index (χ4n) is 3.70. The smallest absolute Gasteiger partial charge is 0.243 e. The Hall–Kier alpha value is -2.41. The van der Waals surface area contributed by atoms with Crippen LogP contribution in [0.15, 0.2) is 71.6 Å². The molecule has 0 bridgehead atoms. The van der Waals surface area contributed by atoms with Crippen molar-refractivity contribution in [1.29, 1.82) is 0 Å². The van der Waals surface area contributed by atoms with E-state index in [0.717, 1.165) is 16.5 Å². The summed E-state index contributed by atoms with van der Waals surface area (Å²) < 4.78 is 27.3. The largest absolute Gasteiger partial charge is 0.325 e. The van der Waals surface area contributed by atoms with Crippen molar-refractivity contribution in [3.8, 4) is 0 Å². The van der Waals surface area contributed by atoms with E-state index in [1.807, 2.05) is 42.5 Å². The van der Waals surface area contributed by atoms with Crippen molar-refractivity contribution in [3.63, 3.8) is 0 Å². The normalized spacial score (nSPS) is 17.9. The van der Waals surface area contributed by atoms with Gasteiger partial charge in [-0.1, -0.05) is 48.0 Å². The molecule has 1 amide bonds. The zero-order chi connectivity index (χ0) is 20.4. The van der Waals surface area contributed by atoms with Crippen LogP contribution < -0.4 is 5.32 Å². The molecule has 3 aromatic carbocycles. The number of rotatable bonds is 4. The Morgan fingerprint density at radius 1 is 1.00 bits per heavy atom. The Morgan fingerprint density at radius 2 is 1.72 bits per heavy atom. The van der Waals surface area contributed by atoms with Crippen molar-refractivity contribution in [3.05, 3.63) is 71.8 Å². The number of sulfonamides is 1. The molecular formula is C22H21ClN2O3S. The highest BCUT2D eigenvalue weighted by Gasteiger charge is 2.33. The van der Waals surface area contributed by atoms with Crippen LogP contribution in [0.2, 0.25) is 5.02 Å². The first kappa shape index (κ1) is 19.9. The lowest BCUT2D eigenvalue weighted by atomic mass is 9.98. The highest BCUT2D eigenvalue weighted by atomic mass is 35.5. The molecule has 0 spiro atoms. The minimum absolute atomic E-state index is 0.155. The Bertz CT molecular complexity index is 1140. The van der Waals surface area contributed by atoms with Crippen molar-refractivity contribution < 1.29 is 13.2 Å². The molecule has 0 aromatic heterocycles. The van der Waals surface area contributed by atoms with Crippen LogP contribution in [0, 0.1) is 5.92 Å². The van der Waals surface area contributed by atoms with E-state index in [9.17, 15) is 13.2 Å². The van der Waals surface area contributed by atoms with Crippen LogP contribution in [0.1, 0.15) is 12.8 Å². The Balaban J connectivity index is 1.52. The molecule has 1 fully saturated rings. The van der Waals surface area contributed by atoms with Crippen molar-refractivity contribution in [2.24, 2.45) is 5.92 Å². The van der Waals surface area contributed by atoms with Gasteiger partial charge >= 0.3 is 0 Å². The van der Waals surface area contributed by atoms with Crippen LogP contribution in [0.4, 0.5) is 5.69 Å². The minimum Gasteiger partial charge on any atom is -0.325 e. The predicted octanol–water partition coefficient (Wildman–Crippen LogP) is 4.53. The highest BCUT2D eigenvalue weighted by Crippen LogP contribution is 2.27. The maximum atomic E-state index is 13.0. The molecule has 5 nitrogen and oxygen atoms in total. The van der Waals surface area contributed by atoms with E-state index in [1.54, 1.807) is 12.1 Å². The van der Waals surface area contributed by atoms with E-state index < -0.39 is 15.9 Å². The summed E-state index contributed by atoms with van der Waals surface area (Å²) in [5.74, 6) is -0.554. The van der Waals surface area contributed by atoms with Gasteiger partial charge in [-0.05, 0) is 48.6 Å². The molecule has 150 valence electrons. The first-order valence-corrected chi connectivity index (χ1v) is 11.3. The second-order valence-electron chi connectivity index (χ2n) is 7.17. The lowest BCUT2D eigenvalue weighted by Gasteiger charge is -2.31. The highest BCUT2D eigenvalue weighted by molar-refractivity contribution is 7.89. The first-order valence-electron chi connectivity index (χ1n) is 9.49. The molecule has 1 atom stereocenters. The lowest BCUT2D eigenvalue weighted by Crippen LogP contribution is -2.43. The summed E-state index contributed by atoms with van der Waals surface area (Å²) in [6.45, 7) is 0.574. The van der Waals surface area contributed by atoms with Crippen LogP contribution in [0.3, 0.4) is 0 Å². The Morgan fingerprint density at radius 3 is 2.52 bits per heavy atom. The van der Waals surface area contributed by atoms with Crippen LogP contribution in [-0.2, 0) is 14.8 Å². The van der Waals surface area contributed by atoms with Gasteiger partial charge in [0.25, 0.3) is 0 Å². The van der Waals surface area contributed by atoms with E-state index in [1.165, 1.54) is 16.4 Å². The summed E-state index contributed by atoms with van der Waals surface area (Å²) in [6.07, 6.45) is 1.30. The molecule has 0 aliphatic carbocycles. The molecular weight excluding hydrogens is 408 g/mol. The third-order valence-electron chi connectivity index (χ3n) is 5.25. The molecule has 29 heavy (non-hydrogen) atoms. The van der Waals surface area contributed by atoms with Crippen molar-refractivity contribution in [2.75, 3.05) is 18.4 Å². The molecule has 4 rings (SSSR count). The number of hydrogen-bond acceptors (Lipinski definition) is 3. The molecule has 0 saturated carbocycles. The molecule has 3 aromatic rings. The van der Waals surface area contributed by atoms with Crippen molar-refractivity contribution in [2.45, 2.75) is 17.7 Å². The SMILES string of the molecule is O=C(Nc1cccc2ccccc12)C1CCCN(S(=O)(=O)c2ccc(Cl)cc2)C1. The fourth-order valence-corrected chi connectivity index (χ4v) is 5.35. The van der Waals surface area contributed by atoms with Gasteiger partial charge in [-0.3, -0.25) is 4.79 Å². The zero-order valence-corrected chi connectivity index (χ0v) is 17.3. The first-order chi connectivity index (χ1) is 13.9. The number of nitrogens with one attached hydrogen (secondary N) is 1. The summed E-state index contributed by atoms with van der Waals surface area (Å²) in [7, 11) is -3.66. The summed E-state index contributed by atoms with van der Waals surface area (Å²) in [5, 5.41) is 5.48. The molecule has 1 aliphatic rings. The second-order valence-corrected chi connectivity index (χ2v) is 9.55. The number of hydrogen-bond donors (Lipinski definition) is 1. The van der Waals surface area contributed by atoms with Gasteiger partial charge in [-0.2, -0.15) is 4.31 Å². The molecule has 1 aliphatic heterocycles. The van der Waals surface area contributed by atoms with Crippen molar-refractivity contribution in [1.82, 2.24) is 4.31 Å². The summed E-state index contributed by atoms with van der Waals surface area (Å²) in [6, 6.07) is 19.7. The van der Waals surface area contributed by atoms with E-state index >= 15 is 0 Å². The van der Waals surface area contributed by atoms with E-state index in [0.29, 0.717) is 24.4 Å². The van der Waals surface area contributed by atoms with Gasteiger partial charge in [0.15, 0.2) is 0 Å². The van der Waals surface area contributed by atoms with E-state index in [4.69, 9.17) is 11.6 Å². The lowest BCUT2D eigenvalue weighted by molar-refractivity contribution is -0.120. The number of benzene rings is 3. The van der Waals surface area contributed by atoms with Gasteiger partial charge in [-0.25, -0.2) is 8.42 Å². The third kappa shape index (κ3) is 4.15. The Labute approximate surface area is 175 Å². The molecule has 7 heteroatoms. The summed E-state index contributed by atoms with van der Waals surface area (Å²) in [4.78, 5) is 13.1. The molecule has 1 N–H and O–H groups in total. The second kappa shape index (κ2) is 8.14. The van der Waals surface area contributed by atoms with Gasteiger partial charge in [0, 0.05) is 29.2 Å². The van der Waals surface area contributed by atoms with E-state index in [-0.39, 0.29) is 17.3 Å². The minimum atomic E-state index is -3.66. The van der Waals surface area contributed by atoms with Gasteiger partial charge in [0.2, 0.25) is 15.9 Å². The monoisotopic (exact) mass is 428 g/mol. The van der Waals surface area contributed by atoms with Gasteiger partial charge in [-0.15, -0.1) is 0 Å². The average Bonchev–Trinajstić information content (AvgIpc) is 2.74. The summed E-state index contributed by atoms with van der Waals surface area (Å²) in [5.41, 5.74) is 0.741. The average molecular weight is 429 g/mol. The van der Waals surface area contributed by atoms with Crippen molar-refractivity contribution >= 4 is 44.0 Å². The maximum absolute atomic E-state index is 13.0. The number of halogens is 1. The molecule has 0 radical (unpaired) electrons. The van der Waals surface area contributed by atoms with Crippen LogP contribution in [-0.4, -0.2) is 31.7 Å². The van der Waals surface area contributed by atoms with Gasteiger partial charge in [0.1, 0.15) is 0 Å². The quantitative estimate of drug-likeness (QED) is 0.663. The number of anilines is 1. The maximum Gasteiger partial charge on any atom is 0.243 e. The number of carbonyl (C=O) groups is 1.